The van der Waals surface area contributed by atoms with Crippen LogP contribution in [0, 0.1) is 0 Å². The molecule has 2 amide bonds. The van der Waals surface area contributed by atoms with Crippen LogP contribution in [0.1, 0.15) is 30.7 Å². The van der Waals surface area contributed by atoms with Gasteiger partial charge in [-0.25, -0.2) is 0 Å². The monoisotopic (exact) mass is 245 g/mol. The molecule has 0 aliphatic carbocycles. The highest BCUT2D eigenvalue weighted by atomic mass is 16.5. The Balaban J connectivity index is 1.88. The Bertz CT molecular complexity index is 494. The molecule has 0 saturated carbocycles. The molecule has 4 nitrogen and oxygen atoms in total. The Morgan fingerprint density at radius 1 is 1.17 bits per heavy atom. The van der Waals surface area contributed by atoms with E-state index in [4.69, 9.17) is 4.74 Å². The Kier molecular flexibility index (Phi) is 2.58. The van der Waals surface area contributed by atoms with Gasteiger partial charge in [0.15, 0.2) is 0 Å². The molecule has 94 valence electrons. The molecule has 1 aromatic carbocycles. The molecule has 18 heavy (non-hydrogen) atoms. The van der Waals surface area contributed by atoms with Crippen molar-refractivity contribution in [2.24, 2.45) is 0 Å². The van der Waals surface area contributed by atoms with Gasteiger partial charge in [-0.2, -0.15) is 0 Å². The van der Waals surface area contributed by atoms with Gasteiger partial charge in [-0.3, -0.25) is 14.5 Å². The second-order valence-electron chi connectivity index (χ2n) is 4.85. The molecule has 0 spiro atoms. The van der Waals surface area contributed by atoms with Crippen LogP contribution in [0.25, 0.3) is 0 Å². The maximum absolute atomic E-state index is 11.9. The van der Waals surface area contributed by atoms with Crippen molar-refractivity contribution >= 4 is 11.8 Å². The number of hydrogen-bond acceptors (Lipinski definition) is 3. The van der Waals surface area contributed by atoms with Gasteiger partial charge in [0.25, 0.3) is 0 Å². The summed E-state index contributed by atoms with van der Waals surface area (Å²) in [7, 11) is 1.63. The van der Waals surface area contributed by atoms with Gasteiger partial charge in [0.05, 0.1) is 7.11 Å². The summed E-state index contributed by atoms with van der Waals surface area (Å²) in [6, 6.07) is 7.85. The van der Waals surface area contributed by atoms with Crippen molar-refractivity contribution in [3.63, 3.8) is 0 Å². The van der Waals surface area contributed by atoms with Crippen LogP contribution in [0.15, 0.2) is 24.3 Å². The summed E-state index contributed by atoms with van der Waals surface area (Å²) in [5.74, 6) is 0.918. The number of benzene rings is 1. The number of carbonyl (C=O) groups excluding carboxylic acids is 2. The number of amides is 2. The number of rotatable bonds is 2. The van der Waals surface area contributed by atoms with E-state index in [-0.39, 0.29) is 23.8 Å². The van der Waals surface area contributed by atoms with Crippen molar-refractivity contribution in [1.82, 2.24) is 4.90 Å². The third-order valence-electron chi connectivity index (χ3n) is 3.93. The zero-order valence-electron chi connectivity index (χ0n) is 10.3. The second-order valence-corrected chi connectivity index (χ2v) is 4.85. The van der Waals surface area contributed by atoms with Crippen LogP contribution in [-0.4, -0.2) is 29.9 Å². The van der Waals surface area contributed by atoms with E-state index in [1.54, 1.807) is 7.11 Å². The second kappa shape index (κ2) is 4.12. The fourth-order valence-corrected chi connectivity index (χ4v) is 3.02. The minimum Gasteiger partial charge on any atom is -0.497 e. The average Bonchev–Trinajstić information content (AvgIpc) is 2.92. The molecule has 1 aromatic rings. The zero-order chi connectivity index (χ0) is 12.7. The molecule has 2 heterocycles. The topological polar surface area (TPSA) is 46.6 Å². The Hall–Kier alpha value is -1.84. The average molecular weight is 245 g/mol. The molecule has 3 rings (SSSR count). The van der Waals surface area contributed by atoms with E-state index in [2.05, 4.69) is 0 Å². The van der Waals surface area contributed by atoms with Gasteiger partial charge in [0.2, 0.25) is 11.8 Å². The predicted molar refractivity (Wildman–Crippen MR) is 65.2 cm³/mol. The van der Waals surface area contributed by atoms with E-state index in [9.17, 15) is 9.59 Å². The van der Waals surface area contributed by atoms with Crippen LogP contribution < -0.4 is 4.74 Å². The molecular formula is C14H15NO3. The first-order valence-electron chi connectivity index (χ1n) is 6.19. The normalized spacial score (nSPS) is 26.6. The maximum atomic E-state index is 11.9. The highest BCUT2D eigenvalue weighted by molar-refractivity contribution is 5.99. The van der Waals surface area contributed by atoms with E-state index in [0.29, 0.717) is 12.8 Å². The van der Waals surface area contributed by atoms with Crippen molar-refractivity contribution in [3.8, 4) is 5.75 Å². The molecule has 2 aliphatic heterocycles. The smallest absolute Gasteiger partial charge is 0.230 e. The SMILES string of the molecule is COc1ccc([C@H]2CC(=O)N3C(=O)CC[C@H]23)cc1. The highest BCUT2D eigenvalue weighted by Crippen LogP contribution is 2.40. The maximum Gasteiger partial charge on any atom is 0.230 e. The number of carbonyl (C=O) groups is 2. The lowest BCUT2D eigenvalue weighted by Crippen LogP contribution is -2.32. The first-order chi connectivity index (χ1) is 8.70. The molecule has 2 atom stereocenters. The fourth-order valence-electron chi connectivity index (χ4n) is 3.02. The van der Waals surface area contributed by atoms with Crippen LogP contribution >= 0.6 is 0 Å². The van der Waals surface area contributed by atoms with Crippen LogP contribution in [0.3, 0.4) is 0 Å². The summed E-state index contributed by atoms with van der Waals surface area (Å²) < 4.78 is 5.13. The molecular weight excluding hydrogens is 230 g/mol. The van der Waals surface area contributed by atoms with Crippen molar-refractivity contribution in [2.45, 2.75) is 31.2 Å². The summed E-state index contributed by atoms with van der Waals surface area (Å²) in [6.07, 6.45) is 1.74. The lowest BCUT2D eigenvalue weighted by molar-refractivity contribution is -0.140. The van der Waals surface area contributed by atoms with Crippen LogP contribution in [0.5, 0.6) is 5.75 Å². The number of ether oxygens (including phenoxy) is 1. The number of fused-ring (bicyclic) bond motifs is 1. The molecule has 2 fully saturated rings. The van der Waals surface area contributed by atoms with E-state index in [1.165, 1.54) is 4.90 Å². The zero-order valence-corrected chi connectivity index (χ0v) is 10.3. The van der Waals surface area contributed by atoms with E-state index in [1.807, 2.05) is 24.3 Å². The number of nitrogens with zero attached hydrogens (tertiary/aromatic N) is 1. The van der Waals surface area contributed by atoms with Gasteiger partial charge in [-0.05, 0) is 24.1 Å². The molecule has 2 saturated heterocycles. The Morgan fingerprint density at radius 2 is 1.89 bits per heavy atom. The van der Waals surface area contributed by atoms with Crippen molar-refractivity contribution in [2.75, 3.05) is 7.11 Å². The van der Waals surface area contributed by atoms with Gasteiger partial charge < -0.3 is 4.74 Å². The first kappa shape index (κ1) is 11.3. The van der Waals surface area contributed by atoms with Gasteiger partial charge >= 0.3 is 0 Å². The highest BCUT2D eigenvalue weighted by Gasteiger charge is 2.47. The van der Waals surface area contributed by atoms with E-state index >= 15 is 0 Å². The molecule has 4 heteroatoms. The summed E-state index contributed by atoms with van der Waals surface area (Å²) in [5, 5.41) is 0. The predicted octanol–water partition coefficient (Wildman–Crippen LogP) is 1.70. The van der Waals surface area contributed by atoms with E-state index in [0.717, 1.165) is 17.7 Å². The number of hydrogen-bond donors (Lipinski definition) is 0. The third kappa shape index (κ3) is 1.60. The number of methoxy groups -OCH3 is 1. The Morgan fingerprint density at radius 3 is 2.56 bits per heavy atom. The fraction of sp³-hybridized carbons (Fsp3) is 0.429. The van der Waals surface area contributed by atoms with Gasteiger partial charge in [-0.15, -0.1) is 0 Å². The standard InChI is InChI=1S/C14H15NO3/c1-18-10-4-2-9(3-5-10)11-8-14(17)15-12(11)6-7-13(15)16/h2-5,11-12H,6-8H2,1H3/t11-,12-/m1/s1. The van der Waals surface area contributed by atoms with Crippen LogP contribution in [0.2, 0.25) is 0 Å². The van der Waals surface area contributed by atoms with Gasteiger partial charge in [-0.1, -0.05) is 12.1 Å². The molecule has 0 N–H and O–H groups in total. The minimum absolute atomic E-state index is 0.0130. The van der Waals surface area contributed by atoms with Crippen molar-refractivity contribution in [3.05, 3.63) is 29.8 Å². The molecule has 2 aliphatic rings. The number of imide groups is 1. The third-order valence-corrected chi connectivity index (χ3v) is 3.93. The summed E-state index contributed by atoms with van der Waals surface area (Å²) in [4.78, 5) is 24.9. The van der Waals surface area contributed by atoms with Crippen LogP contribution in [-0.2, 0) is 9.59 Å². The van der Waals surface area contributed by atoms with Crippen molar-refractivity contribution in [1.29, 1.82) is 0 Å². The summed E-state index contributed by atoms with van der Waals surface area (Å²) in [5.41, 5.74) is 1.12. The Labute approximate surface area is 106 Å². The molecule has 0 radical (unpaired) electrons. The largest absolute Gasteiger partial charge is 0.497 e. The summed E-state index contributed by atoms with van der Waals surface area (Å²) in [6.45, 7) is 0. The van der Waals surface area contributed by atoms with Crippen molar-refractivity contribution < 1.29 is 14.3 Å². The first-order valence-corrected chi connectivity index (χ1v) is 6.19. The molecule has 0 bridgehead atoms. The summed E-state index contributed by atoms with van der Waals surface area (Å²) >= 11 is 0. The quantitative estimate of drug-likeness (QED) is 0.745. The minimum atomic E-state index is -0.0247. The van der Waals surface area contributed by atoms with Gasteiger partial charge in [0.1, 0.15) is 5.75 Å². The van der Waals surface area contributed by atoms with E-state index < -0.39 is 0 Å². The van der Waals surface area contributed by atoms with Crippen LogP contribution in [0.4, 0.5) is 0 Å². The molecule has 0 unspecified atom stereocenters. The molecule has 0 aromatic heterocycles. The lowest BCUT2D eigenvalue weighted by atomic mass is 9.90. The lowest BCUT2D eigenvalue weighted by Gasteiger charge is -2.19. The van der Waals surface area contributed by atoms with Gasteiger partial charge in [0, 0.05) is 24.8 Å².